The third kappa shape index (κ3) is 2.90. The summed E-state index contributed by atoms with van der Waals surface area (Å²) in [5, 5.41) is 0.415. The van der Waals surface area contributed by atoms with Crippen molar-refractivity contribution >= 4 is 50.9 Å². The Bertz CT molecular complexity index is 769. The number of nitrogen functional groups attached to an aromatic ring is 1. The number of nitrogens with two attached hydrogens (primary N) is 1. The second kappa shape index (κ2) is 6.05. The molecule has 2 N–H and O–H groups in total. The van der Waals surface area contributed by atoms with Gasteiger partial charge in [0.2, 0.25) is 0 Å². The van der Waals surface area contributed by atoms with Gasteiger partial charge in [-0.05, 0) is 12.1 Å². The molecule has 0 unspecified atom stereocenters. The maximum atomic E-state index is 12.4. The van der Waals surface area contributed by atoms with Gasteiger partial charge in [0.15, 0.2) is 5.56 Å². The van der Waals surface area contributed by atoms with E-state index in [1.54, 1.807) is 12.1 Å². The largest absolute Gasteiger partial charge is 0.465 e. The molecule has 0 aliphatic heterocycles. The Balaban J connectivity index is 2.78. The van der Waals surface area contributed by atoms with Gasteiger partial charge in [-0.25, -0.2) is 9.78 Å². The molecule has 0 radical (unpaired) electrons. The molecule has 1 aromatic heterocycles. The van der Waals surface area contributed by atoms with E-state index in [1.807, 2.05) is 0 Å². The zero-order valence-electron chi connectivity index (χ0n) is 10.6. The lowest BCUT2D eigenvalue weighted by Crippen LogP contribution is -2.28. The first-order chi connectivity index (χ1) is 9.86. The molecule has 0 fully saturated rings. The fourth-order valence-corrected chi connectivity index (χ4v) is 3.08. The van der Waals surface area contributed by atoms with Crippen molar-refractivity contribution < 1.29 is 9.53 Å². The number of carbonyl (C=O) groups excluding carboxylic acids is 1. The molecule has 0 aliphatic rings. The molecule has 0 aliphatic carbocycles. The number of methoxy groups -OCH3 is 1. The Kier molecular flexibility index (Phi) is 4.55. The lowest BCUT2D eigenvalue weighted by Gasteiger charge is -2.12. The minimum atomic E-state index is -0.885. The number of aromatic nitrogens is 2. The summed E-state index contributed by atoms with van der Waals surface area (Å²) < 4.78 is 6.21. The maximum absolute atomic E-state index is 12.4. The van der Waals surface area contributed by atoms with Gasteiger partial charge in [0.05, 0.1) is 22.8 Å². The zero-order valence-corrected chi connectivity index (χ0v) is 13.7. The molecule has 0 saturated carbocycles. The highest BCUT2D eigenvalue weighted by atomic mass is 79.9. The number of ether oxygens (including phenoxy) is 1. The monoisotopic (exact) mass is 391 g/mol. The van der Waals surface area contributed by atoms with E-state index >= 15 is 0 Å². The van der Waals surface area contributed by atoms with Crippen LogP contribution in [0.2, 0.25) is 10.0 Å². The van der Waals surface area contributed by atoms with Crippen LogP contribution in [0.3, 0.4) is 0 Å². The fraction of sp³-hybridized carbons (Fsp3) is 0.0833. The molecule has 2 aromatic rings. The van der Waals surface area contributed by atoms with Crippen LogP contribution in [0.15, 0.2) is 27.7 Å². The average Bonchev–Trinajstić information content (AvgIpc) is 2.40. The first-order valence-corrected chi connectivity index (χ1v) is 7.02. The van der Waals surface area contributed by atoms with Crippen molar-refractivity contribution in [2.24, 2.45) is 0 Å². The summed E-state index contributed by atoms with van der Waals surface area (Å²) in [6.07, 6.45) is 1.14. The Morgan fingerprint density at radius 2 is 1.95 bits per heavy atom. The molecule has 0 amide bonds. The van der Waals surface area contributed by atoms with Crippen LogP contribution in [-0.2, 0) is 4.74 Å². The lowest BCUT2D eigenvalue weighted by atomic mass is 10.2. The highest BCUT2D eigenvalue weighted by molar-refractivity contribution is 9.10. The Morgan fingerprint density at radius 1 is 1.38 bits per heavy atom. The summed E-state index contributed by atoms with van der Waals surface area (Å²) in [5.41, 5.74) is 4.64. The number of esters is 1. The van der Waals surface area contributed by atoms with Gasteiger partial charge in [-0.3, -0.25) is 9.36 Å². The van der Waals surface area contributed by atoms with Crippen LogP contribution < -0.4 is 11.3 Å². The third-order valence-corrected chi connectivity index (χ3v) is 3.65. The van der Waals surface area contributed by atoms with Crippen LogP contribution in [0, 0.1) is 0 Å². The van der Waals surface area contributed by atoms with Crippen LogP contribution in [0.5, 0.6) is 0 Å². The van der Waals surface area contributed by atoms with Crippen LogP contribution in [0.25, 0.3) is 5.69 Å². The normalized spacial score (nSPS) is 10.5. The van der Waals surface area contributed by atoms with Crippen molar-refractivity contribution in [3.63, 3.8) is 0 Å². The zero-order chi connectivity index (χ0) is 15.7. The number of rotatable bonds is 2. The number of carbonyl (C=O) groups is 1. The molecule has 1 heterocycles. The molecular formula is C12H8BrCl2N3O3. The number of hydrogen-bond acceptors (Lipinski definition) is 5. The number of benzene rings is 1. The highest BCUT2D eigenvalue weighted by Gasteiger charge is 2.21. The van der Waals surface area contributed by atoms with Crippen molar-refractivity contribution in [3.8, 4) is 5.69 Å². The smallest absolute Gasteiger partial charge is 0.347 e. The summed E-state index contributed by atoms with van der Waals surface area (Å²) in [6.45, 7) is 0. The number of nitrogens with zero attached hydrogens (tertiary/aromatic N) is 2. The molecule has 0 spiro atoms. The second-order valence-corrected chi connectivity index (χ2v) is 5.62. The molecule has 0 saturated heterocycles. The summed E-state index contributed by atoms with van der Waals surface area (Å²) in [7, 11) is 1.14. The number of hydrogen-bond donors (Lipinski definition) is 1. The third-order valence-electron chi connectivity index (χ3n) is 2.61. The molecule has 6 nitrogen and oxygen atoms in total. The van der Waals surface area contributed by atoms with E-state index in [4.69, 9.17) is 28.9 Å². The van der Waals surface area contributed by atoms with E-state index in [0.717, 1.165) is 18.0 Å². The van der Waals surface area contributed by atoms with Crippen molar-refractivity contribution in [3.05, 3.63) is 48.9 Å². The Labute approximate surface area is 137 Å². The first kappa shape index (κ1) is 15.8. The van der Waals surface area contributed by atoms with Gasteiger partial charge >= 0.3 is 5.97 Å². The number of anilines is 1. The van der Waals surface area contributed by atoms with E-state index in [9.17, 15) is 9.59 Å². The second-order valence-electron chi connectivity index (χ2n) is 3.89. The summed E-state index contributed by atoms with van der Waals surface area (Å²) in [4.78, 5) is 27.8. The van der Waals surface area contributed by atoms with Gasteiger partial charge in [-0.2, -0.15) is 0 Å². The van der Waals surface area contributed by atoms with Crippen LogP contribution in [-0.4, -0.2) is 22.6 Å². The van der Waals surface area contributed by atoms with Crippen LogP contribution in [0.4, 0.5) is 5.82 Å². The molecule has 2 rings (SSSR count). The van der Waals surface area contributed by atoms with Gasteiger partial charge in [0.25, 0.3) is 5.56 Å². The topological polar surface area (TPSA) is 87.2 Å². The maximum Gasteiger partial charge on any atom is 0.347 e. The van der Waals surface area contributed by atoms with Gasteiger partial charge in [0, 0.05) is 4.47 Å². The average molecular weight is 393 g/mol. The predicted octanol–water partition coefficient (Wildman–Crippen LogP) is 2.67. The van der Waals surface area contributed by atoms with E-state index < -0.39 is 11.5 Å². The van der Waals surface area contributed by atoms with Crippen molar-refractivity contribution in [2.45, 2.75) is 0 Å². The van der Waals surface area contributed by atoms with Crippen molar-refractivity contribution in [1.82, 2.24) is 9.55 Å². The van der Waals surface area contributed by atoms with E-state index in [1.165, 1.54) is 0 Å². The van der Waals surface area contributed by atoms with Gasteiger partial charge in [-0.15, -0.1) is 0 Å². The van der Waals surface area contributed by atoms with Crippen LogP contribution in [0.1, 0.15) is 10.4 Å². The number of halogens is 3. The predicted molar refractivity (Wildman–Crippen MR) is 83.3 cm³/mol. The van der Waals surface area contributed by atoms with Crippen molar-refractivity contribution in [1.29, 1.82) is 0 Å². The lowest BCUT2D eigenvalue weighted by molar-refractivity contribution is 0.0599. The van der Waals surface area contributed by atoms with Crippen molar-refractivity contribution in [2.75, 3.05) is 12.8 Å². The Hall–Kier alpha value is -1.57. The first-order valence-electron chi connectivity index (χ1n) is 5.47. The summed E-state index contributed by atoms with van der Waals surface area (Å²) in [6, 6.07) is 3.12. The fourth-order valence-electron chi connectivity index (χ4n) is 1.68. The molecular weight excluding hydrogens is 385 g/mol. The minimum Gasteiger partial charge on any atom is -0.465 e. The highest BCUT2D eigenvalue weighted by Crippen LogP contribution is 2.31. The molecule has 0 atom stereocenters. The molecule has 110 valence electrons. The Morgan fingerprint density at radius 3 is 2.48 bits per heavy atom. The summed E-state index contributed by atoms with van der Waals surface area (Å²) in [5.74, 6) is -1.11. The van der Waals surface area contributed by atoms with Gasteiger partial charge in [0.1, 0.15) is 12.1 Å². The van der Waals surface area contributed by atoms with Crippen LogP contribution >= 0.6 is 39.1 Å². The van der Waals surface area contributed by atoms with E-state index in [0.29, 0.717) is 4.47 Å². The SMILES string of the molecule is COC(=O)c1c(N)ncn(-c2c(Cl)cc(Br)cc2Cl)c1=O. The van der Waals surface area contributed by atoms with Gasteiger partial charge in [-0.1, -0.05) is 39.1 Å². The summed E-state index contributed by atoms with van der Waals surface area (Å²) >= 11 is 15.4. The quantitative estimate of drug-likeness (QED) is 0.794. The molecule has 9 heteroatoms. The minimum absolute atomic E-state index is 0.198. The molecule has 1 aromatic carbocycles. The van der Waals surface area contributed by atoms with E-state index in [2.05, 4.69) is 25.7 Å². The molecule has 0 bridgehead atoms. The van der Waals surface area contributed by atoms with E-state index in [-0.39, 0.29) is 27.1 Å². The standard InChI is InChI=1S/C12H8BrCl2N3O3/c1-21-12(20)8-10(16)17-4-18(11(8)19)9-6(14)2-5(13)3-7(9)15/h2-4H,16H2,1H3. The molecule has 21 heavy (non-hydrogen) atoms. The van der Waals surface area contributed by atoms with Gasteiger partial charge < -0.3 is 10.5 Å².